The summed E-state index contributed by atoms with van der Waals surface area (Å²) in [5, 5.41) is 9.98. The van der Waals surface area contributed by atoms with Crippen LogP contribution in [0.25, 0.3) is 0 Å². The van der Waals surface area contributed by atoms with Crippen molar-refractivity contribution in [2.45, 2.75) is 73.1 Å². The zero-order chi connectivity index (χ0) is 18.1. The summed E-state index contributed by atoms with van der Waals surface area (Å²) >= 11 is 0. The summed E-state index contributed by atoms with van der Waals surface area (Å²) in [6.45, 7) is 9.63. The number of hydrogen-bond donors (Lipinski definition) is 1. The van der Waals surface area contributed by atoms with E-state index in [9.17, 15) is 14.7 Å². The molecule has 1 saturated carbocycles. The predicted molar refractivity (Wildman–Crippen MR) is 96.5 cm³/mol. The van der Waals surface area contributed by atoms with E-state index in [1.165, 1.54) is 0 Å². The topological polar surface area (TPSA) is 54.4 Å². The van der Waals surface area contributed by atoms with Crippen LogP contribution in [0, 0.1) is 31.6 Å². The number of aryl methyl sites for hydroxylation is 3. The van der Waals surface area contributed by atoms with Gasteiger partial charge in [0.1, 0.15) is 0 Å². The van der Waals surface area contributed by atoms with Gasteiger partial charge in [0.2, 0.25) is 0 Å². The monoisotopic (exact) mass is 330 g/mol. The van der Waals surface area contributed by atoms with Gasteiger partial charge in [-0.05, 0) is 58.1 Å². The van der Waals surface area contributed by atoms with E-state index in [1.54, 1.807) is 6.92 Å². The summed E-state index contributed by atoms with van der Waals surface area (Å²) in [6.07, 6.45) is 4.76. The highest BCUT2D eigenvalue weighted by Gasteiger charge is 2.57. The van der Waals surface area contributed by atoms with Crippen LogP contribution in [0.5, 0.6) is 0 Å². The van der Waals surface area contributed by atoms with Gasteiger partial charge in [0, 0.05) is 11.0 Å². The summed E-state index contributed by atoms with van der Waals surface area (Å²) < 4.78 is 0. The molecule has 1 aliphatic carbocycles. The maximum atomic E-state index is 13.7. The number of hydrogen-bond acceptors (Lipinski definition) is 2. The van der Waals surface area contributed by atoms with Crippen LogP contribution in [0.3, 0.4) is 0 Å². The fourth-order valence-corrected chi connectivity index (χ4v) is 4.66. The van der Waals surface area contributed by atoms with Gasteiger partial charge in [-0.15, -0.1) is 0 Å². The van der Waals surface area contributed by atoms with Gasteiger partial charge in [0.15, 0.2) is 5.78 Å². The molecule has 0 amide bonds. The first kappa shape index (κ1) is 18.7. The second kappa shape index (κ2) is 6.70. The molecule has 3 heteroatoms. The lowest BCUT2D eigenvalue weighted by Gasteiger charge is -2.47. The highest BCUT2D eigenvalue weighted by atomic mass is 16.4. The van der Waals surface area contributed by atoms with Crippen LogP contribution < -0.4 is 0 Å². The first-order valence-electron chi connectivity index (χ1n) is 9.05. The fourth-order valence-electron chi connectivity index (χ4n) is 4.66. The van der Waals surface area contributed by atoms with Gasteiger partial charge >= 0.3 is 5.97 Å². The molecule has 0 saturated heterocycles. The maximum absolute atomic E-state index is 13.7. The minimum Gasteiger partial charge on any atom is -0.481 e. The van der Waals surface area contributed by atoms with E-state index < -0.39 is 16.8 Å². The van der Waals surface area contributed by atoms with E-state index in [2.05, 4.69) is 0 Å². The molecule has 0 aromatic heterocycles. The molecule has 24 heavy (non-hydrogen) atoms. The lowest BCUT2D eigenvalue weighted by molar-refractivity contribution is -0.156. The zero-order valence-electron chi connectivity index (χ0n) is 15.7. The lowest BCUT2D eigenvalue weighted by atomic mass is 9.53. The van der Waals surface area contributed by atoms with Crippen LogP contribution in [0.15, 0.2) is 12.1 Å². The Bertz CT molecular complexity index is 630. The number of rotatable bonds is 5. The summed E-state index contributed by atoms with van der Waals surface area (Å²) in [4.78, 5) is 25.9. The summed E-state index contributed by atoms with van der Waals surface area (Å²) in [5.74, 6) is -0.799. The molecule has 1 aromatic carbocycles. The molecule has 0 heterocycles. The standard InChI is InChI=1S/C21H30O3/c1-6-20(5,19(23)24)21(10-8-7-9-11-21)18(22)17-15(3)12-14(2)13-16(17)4/h12-13H,6-11H2,1-5H3,(H,23,24). The Morgan fingerprint density at radius 1 is 1.08 bits per heavy atom. The van der Waals surface area contributed by atoms with Crippen molar-refractivity contribution in [2.75, 3.05) is 0 Å². The van der Waals surface area contributed by atoms with Gasteiger partial charge < -0.3 is 5.11 Å². The number of ketones is 1. The lowest BCUT2D eigenvalue weighted by Crippen LogP contribution is -2.52. The van der Waals surface area contributed by atoms with Gasteiger partial charge in [0.25, 0.3) is 0 Å². The Hall–Kier alpha value is -1.64. The highest BCUT2D eigenvalue weighted by molar-refractivity contribution is 6.05. The maximum Gasteiger partial charge on any atom is 0.310 e. The molecule has 1 N–H and O–H groups in total. The number of carbonyl (C=O) groups excluding carboxylic acids is 1. The molecule has 1 aromatic rings. The number of carbonyl (C=O) groups is 2. The minimum atomic E-state index is -1.02. The molecule has 1 atom stereocenters. The Labute approximate surface area is 145 Å². The van der Waals surface area contributed by atoms with Crippen LogP contribution in [0.4, 0.5) is 0 Å². The van der Waals surface area contributed by atoms with Crippen LogP contribution >= 0.6 is 0 Å². The van der Waals surface area contributed by atoms with E-state index in [1.807, 2.05) is 39.8 Å². The molecule has 1 fully saturated rings. The normalized spacial score (nSPS) is 19.5. The summed E-state index contributed by atoms with van der Waals surface area (Å²) in [7, 11) is 0. The SMILES string of the molecule is CCC(C)(C(=O)O)C1(C(=O)c2c(C)cc(C)cc2C)CCCCC1. The third-order valence-electron chi connectivity index (χ3n) is 6.28. The van der Waals surface area contributed by atoms with Crippen molar-refractivity contribution >= 4 is 11.8 Å². The van der Waals surface area contributed by atoms with E-state index >= 15 is 0 Å². The van der Waals surface area contributed by atoms with Crippen LogP contribution in [0.1, 0.15) is 79.4 Å². The summed E-state index contributed by atoms with van der Waals surface area (Å²) in [5.41, 5.74) is 1.99. The molecular formula is C21H30O3. The van der Waals surface area contributed by atoms with Gasteiger partial charge in [0.05, 0.1) is 5.41 Å². The second-order valence-corrected chi connectivity index (χ2v) is 7.74. The third kappa shape index (κ3) is 2.78. The van der Waals surface area contributed by atoms with Gasteiger partial charge in [-0.2, -0.15) is 0 Å². The summed E-state index contributed by atoms with van der Waals surface area (Å²) in [6, 6.07) is 4.06. The van der Waals surface area contributed by atoms with Crippen molar-refractivity contribution in [2.24, 2.45) is 10.8 Å². The molecule has 0 bridgehead atoms. The zero-order valence-corrected chi connectivity index (χ0v) is 15.7. The van der Waals surface area contributed by atoms with Crippen molar-refractivity contribution in [1.29, 1.82) is 0 Å². The molecule has 1 unspecified atom stereocenters. The molecule has 0 spiro atoms. The van der Waals surface area contributed by atoms with Crippen LogP contribution in [-0.4, -0.2) is 16.9 Å². The fraction of sp³-hybridized carbons (Fsp3) is 0.619. The van der Waals surface area contributed by atoms with Gasteiger partial charge in [-0.25, -0.2) is 0 Å². The smallest absolute Gasteiger partial charge is 0.310 e. The number of carboxylic acid groups (broad SMARTS) is 1. The van der Waals surface area contributed by atoms with Crippen molar-refractivity contribution in [3.8, 4) is 0 Å². The Kier molecular flexibility index (Phi) is 5.22. The largest absolute Gasteiger partial charge is 0.481 e. The number of carboxylic acids is 1. The van der Waals surface area contributed by atoms with Gasteiger partial charge in [-0.3, -0.25) is 9.59 Å². The van der Waals surface area contributed by atoms with E-state index in [-0.39, 0.29) is 5.78 Å². The molecule has 132 valence electrons. The van der Waals surface area contributed by atoms with E-state index in [4.69, 9.17) is 0 Å². The quantitative estimate of drug-likeness (QED) is 0.751. The van der Waals surface area contributed by atoms with Crippen molar-refractivity contribution in [3.63, 3.8) is 0 Å². The third-order valence-corrected chi connectivity index (χ3v) is 6.28. The van der Waals surface area contributed by atoms with Crippen molar-refractivity contribution in [3.05, 3.63) is 34.4 Å². The number of benzene rings is 1. The first-order chi connectivity index (χ1) is 11.2. The van der Waals surface area contributed by atoms with E-state index in [0.29, 0.717) is 19.3 Å². The average molecular weight is 330 g/mol. The Morgan fingerprint density at radius 2 is 1.58 bits per heavy atom. The minimum absolute atomic E-state index is 0.0453. The van der Waals surface area contributed by atoms with Crippen LogP contribution in [-0.2, 0) is 4.79 Å². The number of aliphatic carboxylic acids is 1. The molecule has 0 radical (unpaired) electrons. The van der Waals surface area contributed by atoms with Gasteiger partial charge in [-0.1, -0.05) is 43.9 Å². The van der Waals surface area contributed by atoms with Crippen molar-refractivity contribution < 1.29 is 14.7 Å². The molecule has 3 nitrogen and oxygen atoms in total. The molecule has 0 aliphatic heterocycles. The van der Waals surface area contributed by atoms with Crippen molar-refractivity contribution in [1.82, 2.24) is 0 Å². The highest BCUT2D eigenvalue weighted by Crippen LogP contribution is 2.54. The average Bonchev–Trinajstić information content (AvgIpc) is 2.53. The second-order valence-electron chi connectivity index (χ2n) is 7.74. The van der Waals surface area contributed by atoms with E-state index in [0.717, 1.165) is 41.5 Å². The number of Topliss-reactive ketones (excluding diaryl/α,β-unsaturated/α-hetero) is 1. The molecular weight excluding hydrogens is 300 g/mol. The molecule has 1 aliphatic rings. The first-order valence-corrected chi connectivity index (χ1v) is 9.05. The van der Waals surface area contributed by atoms with Crippen LogP contribution in [0.2, 0.25) is 0 Å². The Balaban J connectivity index is 2.65. The molecule has 2 rings (SSSR count). The predicted octanol–water partition coefficient (Wildman–Crippen LogP) is 5.25. The Morgan fingerprint density at radius 3 is 2.00 bits per heavy atom.